The van der Waals surface area contributed by atoms with Crippen LogP contribution in [-0.2, 0) is 0 Å². The van der Waals surface area contributed by atoms with Gasteiger partial charge in [0.2, 0.25) is 0 Å². The topological polar surface area (TPSA) is 56.1 Å². The van der Waals surface area contributed by atoms with Crippen LogP contribution in [0.5, 0.6) is 5.75 Å². The molecule has 1 aromatic heterocycles. The maximum atomic E-state index is 12.5. The standard InChI is InChI=1S/C18H14F3N3O2/c1-12-11-15(23-24(12)13-7-3-2-4-8-13)17(25)22-14-9-5-6-10-16(14)26-18(19,20)21/h2-11H,1H3,(H,22,25). The molecule has 0 fully saturated rings. The van der Waals surface area contributed by atoms with E-state index in [-0.39, 0.29) is 11.4 Å². The Labute approximate surface area is 147 Å². The van der Waals surface area contributed by atoms with Crippen molar-refractivity contribution in [3.05, 3.63) is 72.1 Å². The van der Waals surface area contributed by atoms with Crippen LogP contribution in [0.1, 0.15) is 16.2 Å². The Morgan fingerprint density at radius 1 is 1.08 bits per heavy atom. The van der Waals surface area contributed by atoms with Crippen molar-refractivity contribution in [1.29, 1.82) is 0 Å². The third-order valence-corrected chi connectivity index (χ3v) is 3.48. The minimum Gasteiger partial charge on any atom is -0.404 e. The van der Waals surface area contributed by atoms with Gasteiger partial charge in [-0.2, -0.15) is 5.10 Å². The molecular weight excluding hydrogens is 347 g/mol. The summed E-state index contributed by atoms with van der Waals surface area (Å²) in [6, 6.07) is 16.0. The van der Waals surface area contributed by atoms with Crippen molar-refractivity contribution < 1.29 is 22.7 Å². The molecule has 0 saturated carbocycles. The highest BCUT2D eigenvalue weighted by Crippen LogP contribution is 2.30. The number of ether oxygens (including phenoxy) is 1. The summed E-state index contributed by atoms with van der Waals surface area (Å²) in [5.74, 6) is -1.13. The summed E-state index contributed by atoms with van der Waals surface area (Å²) in [7, 11) is 0. The Morgan fingerprint density at radius 2 is 1.73 bits per heavy atom. The third kappa shape index (κ3) is 4.02. The Morgan fingerprint density at radius 3 is 2.42 bits per heavy atom. The molecule has 0 unspecified atom stereocenters. The van der Waals surface area contributed by atoms with Gasteiger partial charge in [0.05, 0.1) is 11.4 Å². The van der Waals surface area contributed by atoms with E-state index in [4.69, 9.17) is 0 Å². The van der Waals surface area contributed by atoms with Crippen molar-refractivity contribution in [2.45, 2.75) is 13.3 Å². The van der Waals surface area contributed by atoms with E-state index in [0.29, 0.717) is 5.69 Å². The van der Waals surface area contributed by atoms with Crippen molar-refractivity contribution in [3.63, 3.8) is 0 Å². The lowest BCUT2D eigenvalue weighted by molar-refractivity contribution is -0.274. The fourth-order valence-electron chi connectivity index (χ4n) is 2.39. The van der Waals surface area contributed by atoms with Crippen LogP contribution in [0.2, 0.25) is 0 Å². The molecule has 0 radical (unpaired) electrons. The van der Waals surface area contributed by atoms with E-state index >= 15 is 0 Å². The Balaban J connectivity index is 1.84. The molecule has 2 aromatic carbocycles. The number of hydrogen-bond donors (Lipinski definition) is 1. The lowest BCUT2D eigenvalue weighted by Gasteiger charge is -2.13. The van der Waals surface area contributed by atoms with Crippen molar-refractivity contribution in [2.75, 3.05) is 5.32 Å². The number of nitrogens with zero attached hydrogens (tertiary/aromatic N) is 2. The molecule has 3 aromatic rings. The molecule has 0 aliphatic carbocycles. The van der Waals surface area contributed by atoms with Crippen molar-refractivity contribution in [1.82, 2.24) is 9.78 Å². The zero-order valence-corrected chi connectivity index (χ0v) is 13.6. The highest BCUT2D eigenvalue weighted by atomic mass is 19.4. The Bertz CT molecular complexity index is 921. The third-order valence-electron chi connectivity index (χ3n) is 3.48. The zero-order chi connectivity index (χ0) is 18.7. The quantitative estimate of drug-likeness (QED) is 0.752. The van der Waals surface area contributed by atoms with Crippen LogP contribution in [0.3, 0.4) is 0 Å². The van der Waals surface area contributed by atoms with Gasteiger partial charge in [0, 0.05) is 5.69 Å². The van der Waals surface area contributed by atoms with Crippen LogP contribution in [-0.4, -0.2) is 22.1 Å². The number of amides is 1. The van der Waals surface area contributed by atoms with E-state index in [1.807, 2.05) is 30.3 Å². The van der Waals surface area contributed by atoms with E-state index in [0.717, 1.165) is 11.8 Å². The first-order valence-corrected chi connectivity index (χ1v) is 7.62. The number of carbonyl (C=O) groups is 1. The molecule has 0 aliphatic rings. The van der Waals surface area contributed by atoms with Crippen molar-refractivity contribution >= 4 is 11.6 Å². The second kappa shape index (κ2) is 6.91. The second-order valence-corrected chi connectivity index (χ2v) is 5.42. The highest BCUT2D eigenvalue weighted by Gasteiger charge is 2.32. The number of aryl methyl sites for hydroxylation is 1. The van der Waals surface area contributed by atoms with Gasteiger partial charge in [0.1, 0.15) is 0 Å². The normalized spacial score (nSPS) is 11.2. The lowest BCUT2D eigenvalue weighted by atomic mass is 10.2. The summed E-state index contributed by atoms with van der Waals surface area (Å²) in [4.78, 5) is 12.4. The summed E-state index contributed by atoms with van der Waals surface area (Å²) >= 11 is 0. The summed E-state index contributed by atoms with van der Waals surface area (Å²) in [6.45, 7) is 1.78. The van der Waals surface area contributed by atoms with Gasteiger partial charge in [-0.05, 0) is 37.3 Å². The molecule has 0 atom stereocenters. The van der Waals surface area contributed by atoms with Crippen molar-refractivity contribution in [2.24, 2.45) is 0 Å². The molecule has 1 N–H and O–H groups in total. The van der Waals surface area contributed by atoms with Gasteiger partial charge in [-0.1, -0.05) is 30.3 Å². The molecule has 1 heterocycles. The molecule has 3 rings (SSSR count). The molecular formula is C18H14F3N3O2. The van der Waals surface area contributed by atoms with E-state index in [1.165, 1.54) is 18.2 Å². The predicted molar refractivity (Wildman–Crippen MR) is 89.4 cm³/mol. The van der Waals surface area contributed by atoms with E-state index in [1.54, 1.807) is 17.7 Å². The molecule has 26 heavy (non-hydrogen) atoms. The number of halogens is 3. The summed E-state index contributed by atoms with van der Waals surface area (Å²) in [5, 5.41) is 6.62. The number of nitrogens with one attached hydrogen (secondary N) is 1. The first kappa shape index (κ1) is 17.5. The lowest BCUT2D eigenvalue weighted by Crippen LogP contribution is -2.19. The van der Waals surface area contributed by atoms with Crippen LogP contribution in [0.4, 0.5) is 18.9 Å². The molecule has 8 heteroatoms. The number of alkyl halides is 3. The maximum absolute atomic E-state index is 12.5. The van der Waals surface area contributed by atoms with Gasteiger partial charge < -0.3 is 10.1 Å². The Kier molecular flexibility index (Phi) is 4.66. The highest BCUT2D eigenvalue weighted by molar-refractivity contribution is 6.03. The van der Waals surface area contributed by atoms with E-state index in [2.05, 4.69) is 15.2 Å². The summed E-state index contributed by atoms with van der Waals surface area (Å²) in [6.07, 6.45) is -4.85. The molecule has 0 saturated heterocycles. The number of rotatable bonds is 4. The van der Waals surface area contributed by atoms with Crippen molar-refractivity contribution in [3.8, 4) is 11.4 Å². The van der Waals surface area contributed by atoms with Gasteiger partial charge >= 0.3 is 6.36 Å². The molecule has 0 aliphatic heterocycles. The molecule has 0 spiro atoms. The first-order chi connectivity index (χ1) is 12.3. The number of benzene rings is 2. The number of para-hydroxylation sites is 3. The van der Waals surface area contributed by atoms with E-state index in [9.17, 15) is 18.0 Å². The molecule has 134 valence electrons. The van der Waals surface area contributed by atoms with Crippen LogP contribution in [0, 0.1) is 6.92 Å². The molecule has 0 bridgehead atoms. The largest absolute Gasteiger partial charge is 0.573 e. The second-order valence-electron chi connectivity index (χ2n) is 5.42. The number of anilines is 1. The molecule has 5 nitrogen and oxygen atoms in total. The van der Waals surface area contributed by atoms with Crippen LogP contribution in [0.15, 0.2) is 60.7 Å². The average Bonchev–Trinajstić information content (AvgIpc) is 2.98. The van der Waals surface area contributed by atoms with Gasteiger partial charge in [0.15, 0.2) is 11.4 Å². The summed E-state index contributed by atoms with van der Waals surface area (Å²) in [5.41, 5.74) is 1.46. The SMILES string of the molecule is Cc1cc(C(=O)Nc2ccccc2OC(F)(F)F)nn1-c1ccccc1. The number of carbonyl (C=O) groups excluding carboxylic acids is 1. The van der Waals surface area contributed by atoms with Gasteiger partial charge in [-0.3, -0.25) is 4.79 Å². The van der Waals surface area contributed by atoms with Crippen LogP contribution in [0.25, 0.3) is 5.69 Å². The Hall–Kier alpha value is -3.29. The molecule has 1 amide bonds. The summed E-state index contributed by atoms with van der Waals surface area (Å²) < 4.78 is 42.9. The monoisotopic (exact) mass is 361 g/mol. The average molecular weight is 361 g/mol. The predicted octanol–water partition coefficient (Wildman–Crippen LogP) is 4.33. The minimum absolute atomic E-state index is 0.0770. The van der Waals surface area contributed by atoms with Crippen LogP contribution < -0.4 is 10.1 Å². The minimum atomic E-state index is -4.85. The smallest absolute Gasteiger partial charge is 0.404 e. The fraction of sp³-hybridized carbons (Fsp3) is 0.111. The number of hydrogen-bond acceptors (Lipinski definition) is 3. The number of aromatic nitrogens is 2. The van der Waals surface area contributed by atoms with E-state index < -0.39 is 18.0 Å². The van der Waals surface area contributed by atoms with Crippen LogP contribution >= 0.6 is 0 Å². The first-order valence-electron chi connectivity index (χ1n) is 7.62. The van der Waals surface area contributed by atoms with Gasteiger partial charge in [0.25, 0.3) is 5.91 Å². The zero-order valence-electron chi connectivity index (χ0n) is 13.6. The van der Waals surface area contributed by atoms with Gasteiger partial charge in [-0.25, -0.2) is 4.68 Å². The fourth-order valence-corrected chi connectivity index (χ4v) is 2.39. The maximum Gasteiger partial charge on any atom is 0.573 e. The van der Waals surface area contributed by atoms with Gasteiger partial charge in [-0.15, -0.1) is 13.2 Å².